The van der Waals surface area contributed by atoms with Crippen LogP contribution in [0.2, 0.25) is 0 Å². The molecule has 0 heterocycles. The normalized spacial score (nSPS) is 36.2. The number of rotatable bonds is 0. The van der Waals surface area contributed by atoms with E-state index in [1.165, 1.54) is 6.42 Å². The molecule has 1 fully saturated rings. The van der Waals surface area contributed by atoms with E-state index in [0.29, 0.717) is 11.8 Å². The second-order valence-corrected chi connectivity index (χ2v) is 18.5. The lowest BCUT2D eigenvalue weighted by Crippen LogP contribution is -2.65. The van der Waals surface area contributed by atoms with Crippen LogP contribution in [0.5, 0.6) is 0 Å². The molecule has 1 saturated carbocycles. The van der Waals surface area contributed by atoms with E-state index >= 15 is 0 Å². The Kier molecular flexibility index (Phi) is 7.78. The van der Waals surface area contributed by atoms with Crippen LogP contribution in [0.25, 0.3) is 0 Å². The fourth-order valence-electron chi connectivity index (χ4n) is 8.65. The summed E-state index contributed by atoms with van der Waals surface area (Å²) in [4.78, 5) is 0. The van der Waals surface area contributed by atoms with Gasteiger partial charge in [0.25, 0.3) is 0 Å². The van der Waals surface area contributed by atoms with Crippen LogP contribution in [-0.2, 0) is 0 Å². The number of hydrogen-bond donors (Lipinski definition) is 0. The molecule has 2 unspecified atom stereocenters. The fourth-order valence-corrected chi connectivity index (χ4v) is 8.65. The Morgan fingerprint density at radius 1 is 0.286 bits per heavy atom. The van der Waals surface area contributed by atoms with Crippen LogP contribution in [0.1, 0.15) is 159 Å². The minimum Gasteiger partial charge on any atom is -0.0620 e. The summed E-state index contributed by atoms with van der Waals surface area (Å²) in [7, 11) is 0. The summed E-state index contributed by atoms with van der Waals surface area (Å²) < 4.78 is 0. The first-order valence-electron chi connectivity index (χ1n) is 14.8. The molecule has 0 amide bonds. The van der Waals surface area contributed by atoms with Gasteiger partial charge in [0.05, 0.1) is 0 Å². The second-order valence-electron chi connectivity index (χ2n) is 18.5. The van der Waals surface area contributed by atoms with Crippen LogP contribution in [0.15, 0.2) is 0 Å². The first-order chi connectivity index (χ1) is 14.8. The lowest BCUT2D eigenvalue weighted by atomic mass is 9.33. The molecule has 0 spiro atoms. The van der Waals surface area contributed by atoms with Crippen molar-refractivity contribution in [2.24, 2.45) is 66.0 Å². The fraction of sp³-hybridized carbons (Fsp3) is 1.00. The van der Waals surface area contributed by atoms with Gasteiger partial charge in [-0.25, -0.2) is 0 Å². The molecule has 1 aliphatic carbocycles. The third-order valence-corrected chi connectivity index (χ3v) is 17.3. The third kappa shape index (κ3) is 3.70. The van der Waals surface area contributed by atoms with E-state index in [1.807, 2.05) is 0 Å². The van der Waals surface area contributed by atoms with E-state index < -0.39 is 0 Å². The summed E-state index contributed by atoms with van der Waals surface area (Å²) in [5.41, 5.74) is 1.26. The maximum absolute atomic E-state index is 2.60. The summed E-state index contributed by atoms with van der Waals surface area (Å²) in [6.07, 6.45) is 1.27. The van der Waals surface area contributed by atoms with Gasteiger partial charge in [0.2, 0.25) is 0 Å². The molecule has 0 heteroatoms. The lowest BCUT2D eigenvalue weighted by molar-refractivity contribution is -0.233. The Morgan fingerprint density at radius 2 is 0.429 bits per heavy atom. The summed E-state index contributed by atoms with van der Waals surface area (Å²) in [5, 5.41) is 0. The van der Waals surface area contributed by atoms with E-state index in [1.54, 1.807) is 0 Å². The summed E-state index contributed by atoms with van der Waals surface area (Å²) in [6, 6.07) is 0. The molecular formula is C35H70. The standard InChI is InChI=1S/C35H70/c1-24-23-25(2)27(5,6)29(9,10)31(13,14)33(17,18)35(21,22)34(19,20)32(15,16)30(11,12)28(7,8)26(24,3)4/h24-25H,23H2,1-22H3. The second kappa shape index (κ2) is 8.25. The molecule has 0 radical (unpaired) electrons. The zero-order valence-electron chi connectivity index (χ0n) is 28.9. The topological polar surface area (TPSA) is 0 Å². The van der Waals surface area contributed by atoms with Crippen LogP contribution in [0.3, 0.4) is 0 Å². The van der Waals surface area contributed by atoms with Gasteiger partial charge in [-0.1, -0.05) is 152 Å². The van der Waals surface area contributed by atoms with Crippen molar-refractivity contribution in [2.45, 2.75) is 159 Å². The average Bonchev–Trinajstić information content (AvgIpc) is 2.65. The first kappa shape index (κ1) is 33.0. The van der Waals surface area contributed by atoms with E-state index in [0.717, 1.165) is 0 Å². The van der Waals surface area contributed by atoms with Crippen molar-refractivity contribution >= 4 is 0 Å². The molecule has 0 aromatic rings. The van der Waals surface area contributed by atoms with E-state index in [-0.39, 0.29) is 54.1 Å². The number of hydrogen-bond acceptors (Lipinski definition) is 0. The molecule has 0 saturated heterocycles. The largest absolute Gasteiger partial charge is 0.0620 e. The van der Waals surface area contributed by atoms with E-state index in [9.17, 15) is 0 Å². The molecule has 0 N–H and O–H groups in total. The van der Waals surface area contributed by atoms with Crippen LogP contribution in [0.4, 0.5) is 0 Å². The third-order valence-electron chi connectivity index (χ3n) is 17.3. The van der Waals surface area contributed by atoms with E-state index in [4.69, 9.17) is 0 Å². The summed E-state index contributed by atoms with van der Waals surface area (Å²) >= 11 is 0. The van der Waals surface area contributed by atoms with Crippen LogP contribution in [0, 0.1) is 66.0 Å². The molecule has 210 valence electrons. The first-order valence-corrected chi connectivity index (χ1v) is 14.8. The van der Waals surface area contributed by atoms with Gasteiger partial charge in [-0.2, -0.15) is 0 Å². The Balaban J connectivity index is 4.28. The van der Waals surface area contributed by atoms with E-state index in [2.05, 4.69) is 152 Å². The monoisotopic (exact) mass is 491 g/mol. The van der Waals surface area contributed by atoms with Gasteiger partial charge in [-0.3, -0.25) is 0 Å². The highest BCUT2D eigenvalue weighted by molar-refractivity contribution is 5.16. The minimum absolute atomic E-state index is 0.0841. The van der Waals surface area contributed by atoms with Gasteiger partial charge in [0.15, 0.2) is 0 Å². The van der Waals surface area contributed by atoms with Crippen LogP contribution in [-0.4, -0.2) is 0 Å². The van der Waals surface area contributed by atoms with Crippen molar-refractivity contribution in [3.05, 3.63) is 0 Å². The van der Waals surface area contributed by atoms with Crippen molar-refractivity contribution in [3.63, 3.8) is 0 Å². The van der Waals surface area contributed by atoms with Gasteiger partial charge >= 0.3 is 0 Å². The maximum Gasteiger partial charge on any atom is -0.0241 e. The Morgan fingerprint density at radius 3 is 0.600 bits per heavy atom. The van der Waals surface area contributed by atoms with Gasteiger partial charge < -0.3 is 0 Å². The minimum atomic E-state index is 0.0841. The Labute approximate surface area is 224 Å². The maximum atomic E-state index is 2.60. The molecule has 2 atom stereocenters. The smallest absolute Gasteiger partial charge is 0.0241 e. The van der Waals surface area contributed by atoms with Gasteiger partial charge in [0, 0.05) is 0 Å². The summed E-state index contributed by atoms with van der Waals surface area (Å²) in [6.45, 7) is 56.9. The Hall–Kier alpha value is 0. The van der Waals surface area contributed by atoms with Gasteiger partial charge in [0.1, 0.15) is 0 Å². The molecule has 0 bridgehead atoms. The predicted octanol–water partition coefficient (Wildman–Crippen LogP) is 11.9. The molecule has 0 aliphatic heterocycles. The quantitative estimate of drug-likeness (QED) is 0.316. The van der Waals surface area contributed by atoms with Gasteiger partial charge in [-0.15, -0.1) is 0 Å². The van der Waals surface area contributed by atoms with Crippen molar-refractivity contribution in [1.29, 1.82) is 0 Å². The summed E-state index contributed by atoms with van der Waals surface area (Å²) in [5.74, 6) is 1.26. The lowest BCUT2D eigenvalue weighted by Gasteiger charge is -2.71. The van der Waals surface area contributed by atoms with Crippen molar-refractivity contribution in [2.75, 3.05) is 0 Å². The molecule has 1 aliphatic rings. The van der Waals surface area contributed by atoms with Gasteiger partial charge in [-0.05, 0) is 72.4 Å². The highest BCUT2D eigenvalue weighted by Gasteiger charge is 2.68. The van der Waals surface area contributed by atoms with Crippen molar-refractivity contribution < 1.29 is 0 Å². The highest BCUT2D eigenvalue weighted by atomic mass is 14.7. The molecule has 35 heavy (non-hydrogen) atoms. The Bertz CT molecular complexity index is 707. The van der Waals surface area contributed by atoms with Crippen molar-refractivity contribution in [3.8, 4) is 0 Å². The molecule has 0 aromatic heterocycles. The van der Waals surface area contributed by atoms with Crippen LogP contribution >= 0.6 is 0 Å². The molecular weight excluding hydrogens is 420 g/mol. The molecule has 0 aromatic carbocycles. The van der Waals surface area contributed by atoms with Crippen molar-refractivity contribution in [1.82, 2.24) is 0 Å². The zero-order valence-corrected chi connectivity index (χ0v) is 28.9. The zero-order chi connectivity index (χ0) is 28.9. The molecule has 0 nitrogen and oxygen atoms in total. The van der Waals surface area contributed by atoms with Crippen LogP contribution < -0.4 is 0 Å². The SMILES string of the molecule is CC1CC(C)C(C)(C)C(C)(C)C(C)(C)C(C)(C)C(C)(C)C(C)(C)C(C)(C)C(C)(C)C(C)(C)C1(C)C. The average molecular weight is 491 g/mol. The highest BCUT2D eigenvalue weighted by Crippen LogP contribution is 2.75. The molecule has 1 rings (SSSR count). The predicted molar refractivity (Wildman–Crippen MR) is 161 cm³/mol.